The summed E-state index contributed by atoms with van der Waals surface area (Å²) in [5.41, 5.74) is 9.24. The van der Waals surface area contributed by atoms with Crippen LogP contribution < -0.4 is 10.6 Å². The van der Waals surface area contributed by atoms with Crippen LogP contribution in [-0.4, -0.2) is 26.3 Å². The summed E-state index contributed by atoms with van der Waals surface area (Å²) < 4.78 is 0. The Bertz CT molecular complexity index is 371. The zero-order chi connectivity index (χ0) is 14.7. The van der Waals surface area contributed by atoms with Gasteiger partial charge in [-0.25, -0.2) is 5.53 Å². The number of amidine groups is 1. The monoisotopic (exact) mass is 283 g/mol. The highest BCUT2D eigenvalue weighted by Gasteiger charge is 2.08. The number of thioether (sulfide) groups is 1. The number of rotatable bonds is 7. The van der Waals surface area contributed by atoms with Crippen molar-refractivity contribution >= 4 is 16.9 Å². The first-order valence-corrected chi connectivity index (χ1v) is 7.19. The van der Waals surface area contributed by atoms with E-state index in [1.807, 2.05) is 14.1 Å². The molecule has 0 aliphatic heterocycles. The number of nitrogens with one attached hydrogen (secondary N) is 3. The summed E-state index contributed by atoms with van der Waals surface area (Å²) in [6, 6.07) is 0. The second kappa shape index (κ2) is 10.6. The molecule has 5 nitrogen and oxygen atoms in total. The highest BCUT2D eigenvalue weighted by Crippen LogP contribution is 2.28. The molecule has 108 valence electrons. The lowest BCUT2D eigenvalue weighted by molar-refractivity contribution is 0.862. The van der Waals surface area contributed by atoms with Crippen molar-refractivity contribution in [3.05, 3.63) is 22.4 Å². The summed E-state index contributed by atoms with van der Waals surface area (Å²) in [5, 5.41) is 10.4. The van der Waals surface area contributed by atoms with Crippen molar-refractivity contribution in [1.29, 1.82) is 5.53 Å². The molecule has 0 unspecified atom stereocenters. The van der Waals surface area contributed by atoms with Gasteiger partial charge in [-0.15, -0.1) is 0 Å². The molecule has 19 heavy (non-hydrogen) atoms. The molecule has 0 saturated carbocycles. The summed E-state index contributed by atoms with van der Waals surface area (Å²) in [6.07, 6.45) is 4.42. The maximum atomic E-state index is 7.13. The van der Waals surface area contributed by atoms with Crippen LogP contribution >= 0.6 is 11.8 Å². The standard InChI is InChI=1S/C13H25N5S/c1-6-10(2)12(19-13(16-4)17-5)8-7-11(18-14)9-15-3/h9,14-15H,6-8H2,1-5H3,(H,16,17)/b11-9-,12-10+,18-14?. The quantitative estimate of drug-likeness (QED) is 0.380. The molecular weight excluding hydrogens is 258 g/mol. The fraction of sp³-hybridized carbons (Fsp3) is 0.615. The first-order chi connectivity index (χ1) is 9.12. The van der Waals surface area contributed by atoms with E-state index in [1.54, 1.807) is 25.0 Å². The number of hydrogen-bond donors (Lipinski definition) is 3. The summed E-state index contributed by atoms with van der Waals surface area (Å²) in [7, 11) is 5.47. The molecule has 0 bridgehead atoms. The summed E-state index contributed by atoms with van der Waals surface area (Å²) in [6.45, 7) is 4.29. The third kappa shape index (κ3) is 7.00. The molecule has 0 amide bonds. The molecule has 0 saturated heterocycles. The van der Waals surface area contributed by atoms with E-state index in [1.165, 1.54) is 10.5 Å². The first-order valence-electron chi connectivity index (χ1n) is 6.37. The van der Waals surface area contributed by atoms with Gasteiger partial charge < -0.3 is 10.6 Å². The van der Waals surface area contributed by atoms with Gasteiger partial charge in [0, 0.05) is 27.3 Å². The first kappa shape index (κ1) is 17.7. The maximum absolute atomic E-state index is 7.13. The molecule has 0 aromatic rings. The predicted molar refractivity (Wildman–Crippen MR) is 84.5 cm³/mol. The normalized spacial score (nSPS) is 13.9. The lowest BCUT2D eigenvalue weighted by Gasteiger charge is -2.12. The Hall–Kier alpha value is -1.30. The van der Waals surface area contributed by atoms with Crippen molar-refractivity contribution in [3.8, 4) is 0 Å². The van der Waals surface area contributed by atoms with E-state index >= 15 is 0 Å². The van der Waals surface area contributed by atoms with Gasteiger partial charge >= 0.3 is 0 Å². The molecule has 6 heteroatoms. The molecule has 0 heterocycles. The van der Waals surface area contributed by atoms with Crippen LogP contribution in [0.5, 0.6) is 0 Å². The lowest BCUT2D eigenvalue weighted by atomic mass is 10.1. The number of nitrogens with zero attached hydrogens (tertiary/aromatic N) is 2. The number of aliphatic imine (C=N–C) groups is 1. The lowest BCUT2D eigenvalue weighted by Crippen LogP contribution is -2.14. The third-order valence-electron chi connectivity index (χ3n) is 2.71. The summed E-state index contributed by atoms with van der Waals surface area (Å²) in [4.78, 5) is 5.49. The smallest absolute Gasteiger partial charge is 0.160 e. The van der Waals surface area contributed by atoms with Crippen molar-refractivity contribution in [1.82, 2.24) is 10.6 Å². The fourth-order valence-corrected chi connectivity index (χ4v) is 2.39. The average molecular weight is 283 g/mol. The Morgan fingerprint density at radius 2 is 2.00 bits per heavy atom. The van der Waals surface area contributed by atoms with Gasteiger partial charge in [0.1, 0.15) is 0 Å². The molecule has 0 rings (SSSR count). The van der Waals surface area contributed by atoms with Gasteiger partial charge in [0.15, 0.2) is 5.17 Å². The zero-order valence-electron chi connectivity index (χ0n) is 12.5. The van der Waals surface area contributed by atoms with E-state index in [9.17, 15) is 0 Å². The molecule has 0 atom stereocenters. The van der Waals surface area contributed by atoms with Crippen LogP contribution in [0, 0.1) is 5.53 Å². The van der Waals surface area contributed by atoms with Gasteiger partial charge in [-0.2, -0.15) is 5.11 Å². The van der Waals surface area contributed by atoms with Gasteiger partial charge in [-0.05, 0) is 31.1 Å². The topological polar surface area (TPSA) is 72.6 Å². The molecule has 0 aromatic carbocycles. The van der Waals surface area contributed by atoms with Crippen LogP contribution in [0.1, 0.15) is 33.1 Å². The van der Waals surface area contributed by atoms with Crippen molar-refractivity contribution in [2.45, 2.75) is 33.1 Å². The van der Waals surface area contributed by atoms with Gasteiger partial charge in [0.25, 0.3) is 0 Å². The van der Waals surface area contributed by atoms with E-state index in [0.29, 0.717) is 0 Å². The van der Waals surface area contributed by atoms with Crippen molar-refractivity contribution in [2.75, 3.05) is 21.1 Å². The number of hydrogen-bond acceptors (Lipinski definition) is 5. The fourth-order valence-electron chi connectivity index (χ4n) is 1.44. The second-order valence-electron chi connectivity index (χ2n) is 3.97. The SMILES string of the molecule is CC/C(C)=C(\CC/C(=C/NC)N=N)S/C(=N\C)NC. The van der Waals surface area contributed by atoms with E-state index in [4.69, 9.17) is 5.53 Å². The molecular formula is C13H25N5S. The van der Waals surface area contributed by atoms with Crippen LogP contribution in [-0.2, 0) is 0 Å². The minimum atomic E-state index is 0.754. The predicted octanol–water partition coefficient (Wildman–Crippen LogP) is 3.48. The maximum Gasteiger partial charge on any atom is 0.160 e. The minimum Gasteiger partial charge on any atom is -0.392 e. The van der Waals surface area contributed by atoms with Crippen molar-refractivity contribution in [2.24, 2.45) is 10.1 Å². The number of allylic oxidation sites excluding steroid dienone is 3. The van der Waals surface area contributed by atoms with E-state index in [0.717, 1.165) is 30.1 Å². The Labute approximate surface area is 120 Å². The molecule has 0 spiro atoms. The van der Waals surface area contributed by atoms with Gasteiger partial charge in [-0.1, -0.05) is 24.3 Å². The molecule has 0 aliphatic carbocycles. The second-order valence-corrected chi connectivity index (χ2v) is 5.06. The Balaban J connectivity index is 4.81. The minimum absolute atomic E-state index is 0.754. The molecule has 0 aliphatic rings. The molecule has 0 radical (unpaired) electrons. The van der Waals surface area contributed by atoms with Gasteiger partial charge in [0.2, 0.25) is 0 Å². The van der Waals surface area contributed by atoms with E-state index in [-0.39, 0.29) is 0 Å². The van der Waals surface area contributed by atoms with Crippen molar-refractivity contribution < 1.29 is 0 Å². The Morgan fingerprint density at radius 1 is 1.32 bits per heavy atom. The highest BCUT2D eigenvalue weighted by atomic mass is 32.2. The summed E-state index contributed by atoms with van der Waals surface area (Å²) >= 11 is 1.66. The van der Waals surface area contributed by atoms with Crippen LogP contribution in [0.15, 0.2) is 32.5 Å². The van der Waals surface area contributed by atoms with Gasteiger partial charge in [0.05, 0.1) is 5.70 Å². The highest BCUT2D eigenvalue weighted by molar-refractivity contribution is 8.17. The van der Waals surface area contributed by atoms with Crippen LogP contribution in [0.2, 0.25) is 0 Å². The third-order valence-corrected chi connectivity index (χ3v) is 4.08. The Kier molecular flexibility index (Phi) is 9.88. The van der Waals surface area contributed by atoms with Crippen LogP contribution in [0.25, 0.3) is 0 Å². The molecule has 0 fully saturated rings. The zero-order valence-corrected chi connectivity index (χ0v) is 13.3. The average Bonchev–Trinajstić information content (AvgIpc) is 2.45. The van der Waals surface area contributed by atoms with E-state index < -0.39 is 0 Å². The molecule has 3 N–H and O–H groups in total. The van der Waals surface area contributed by atoms with Crippen LogP contribution in [0.4, 0.5) is 0 Å². The van der Waals surface area contributed by atoms with Crippen molar-refractivity contribution in [3.63, 3.8) is 0 Å². The largest absolute Gasteiger partial charge is 0.392 e. The van der Waals surface area contributed by atoms with E-state index in [2.05, 4.69) is 34.6 Å². The summed E-state index contributed by atoms with van der Waals surface area (Å²) in [5.74, 6) is 0. The Morgan fingerprint density at radius 3 is 2.42 bits per heavy atom. The van der Waals surface area contributed by atoms with Crippen LogP contribution in [0.3, 0.4) is 0 Å². The molecule has 0 aromatic heterocycles. The van der Waals surface area contributed by atoms with Gasteiger partial charge in [-0.3, -0.25) is 4.99 Å².